The summed E-state index contributed by atoms with van der Waals surface area (Å²) in [5.74, 6) is 0.166. The number of non-ortho nitro benzene ring substituents is 1. The number of hydrogen-bond donors (Lipinski definition) is 2. The molecule has 0 heterocycles. The molecular weight excluding hydrogens is 316 g/mol. The normalized spacial score (nSPS) is 10.4. The van der Waals surface area contributed by atoms with E-state index in [1.807, 2.05) is 49.4 Å². The summed E-state index contributed by atoms with van der Waals surface area (Å²) >= 11 is 0. The number of nitro groups is 1. The summed E-state index contributed by atoms with van der Waals surface area (Å²) in [6.07, 6.45) is 0. The lowest BCUT2D eigenvalue weighted by molar-refractivity contribution is -0.384. The molecule has 0 radical (unpaired) electrons. The highest BCUT2D eigenvalue weighted by Crippen LogP contribution is 2.25. The lowest BCUT2D eigenvalue weighted by Crippen LogP contribution is -2.35. The van der Waals surface area contributed by atoms with Gasteiger partial charge in [-0.15, -0.1) is 0 Å². The van der Waals surface area contributed by atoms with Crippen molar-refractivity contribution in [3.05, 3.63) is 76.8 Å². The molecule has 6 nitrogen and oxygen atoms in total. The van der Waals surface area contributed by atoms with Gasteiger partial charge in [0.15, 0.2) is 5.96 Å². The second-order valence-electron chi connectivity index (χ2n) is 5.52. The molecule has 3 aromatic carbocycles. The predicted molar refractivity (Wildman–Crippen MR) is 101 cm³/mol. The lowest BCUT2D eigenvalue weighted by Gasteiger charge is -2.24. The van der Waals surface area contributed by atoms with Crippen LogP contribution in [0.1, 0.15) is 6.92 Å². The minimum Gasteiger partial charge on any atom is -0.326 e. The number of nitrogens with one attached hydrogen (secondary N) is 2. The van der Waals surface area contributed by atoms with Crippen molar-refractivity contribution in [2.45, 2.75) is 6.92 Å². The van der Waals surface area contributed by atoms with E-state index >= 15 is 0 Å². The highest BCUT2D eigenvalue weighted by Gasteiger charge is 2.15. The molecule has 0 amide bonds. The summed E-state index contributed by atoms with van der Waals surface area (Å²) in [7, 11) is 0. The van der Waals surface area contributed by atoms with E-state index in [1.165, 1.54) is 12.1 Å². The maximum atomic E-state index is 11.0. The van der Waals surface area contributed by atoms with Crippen LogP contribution in [0, 0.1) is 15.5 Å². The molecular formula is C19H18N4O2. The van der Waals surface area contributed by atoms with Crippen molar-refractivity contribution in [3.63, 3.8) is 0 Å². The standard InChI is InChI=1S/C19H18N4O2/c1-2-22(15-9-6-10-16(13-15)23(24)25)19(20)21-18-12-5-8-14-7-3-4-11-17(14)18/h3-13H,2H2,1H3,(H2,20,21). The van der Waals surface area contributed by atoms with Crippen LogP contribution in [-0.2, 0) is 0 Å². The van der Waals surface area contributed by atoms with E-state index in [2.05, 4.69) is 5.32 Å². The molecule has 3 rings (SSSR count). The van der Waals surface area contributed by atoms with Crippen LogP contribution < -0.4 is 10.2 Å². The Morgan fingerprint density at radius 1 is 1.12 bits per heavy atom. The number of nitrogens with zero attached hydrogens (tertiary/aromatic N) is 2. The predicted octanol–water partition coefficient (Wildman–Crippen LogP) is 4.62. The number of nitro benzene ring substituents is 1. The van der Waals surface area contributed by atoms with Crippen molar-refractivity contribution in [2.24, 2.45) is 0 Å². The number of guanidine groups is 1. The third kappa shape index (κ3) is 3.42. The van der Waals surface area contributed by atoms with Crippen LogP contribution in [0.5, 0.6) is 0 Å². The van der Waals surface area contributed by atoms with Crippen LogP contribution in [0.3, 0.4) is 0 Å². The molecule has 126 valence electrons. The van der Waals surface area contributed by atoms with Gasteiger partial charge in [0, 0.05) is 29.8 Å². The van der Waals surface area contributed by atoms with Crippen molar-refractivity contribution in [1.82, 2.24) is 0 Å². The molecule has 0 bridgehead atoms. The molecule has 0 atom stereocenters. The van der Waals surface area contributed by atoms with Gasteiger partial charge in [0.2, 0.25) is 0 Å². The van der Waals surface area contributed by atoms with E-state index in [9.17, 15) is 10.1 Å². The Hall–Kier alpha value is -3.41. The topological polar surface area (TPSA) is 82.3 Å². The summed E-state index contributed by atoms with van der Waals surface area (Å²) in [5.41, 5.74) is 1.44. The van der Waals surface area contributed by atoms with Crippen LogP contribution in [-0.4, -0.2) is 17.4 Å². The fourth-order valence-corrected chi connectivity index (χ4v) is 2.77. The van der Waals surface area contributed by atoms with Crippen LogP contribution in [0.2, 0.25) is 0 Å². The average molecular weight is 334 g/mol. The molecule has 0 spiro atoms. The van der Waals surface area contributed by atoms with E-state index in [4.69, 9.17) is 5.41 Å². The summed E-state index contributed by atoms with van der Waals surface area (Å²) in [5, 5.41) is 24.6. The highest BCUT2D eigenvalue weighted by molar-refractivity contribution is 6.08. The molecule has 0 fully saturated rings. The average Bonchev–Trinajstić information content (AvgIpc) is 2.63. The Kier molecular flexibility index (Phi) is 4.61. The summed E-state index contributed by atoms with van der Waals surface area (Å²) in [6.45, 7) is 2.41. The van der Waals surface area contributed by atoms with E-state index < -0.39 is 4.92 Å². The van der Waals surface area contributed by atoms with Gasteiger partial charge < -0.3 is 10.2 Å². The second-order valence-corrected chi connectivity index (χ2v) is 5.52. The molecule has 0 aromatic heterocycles. The van der Waals surface area contributed by atoms with Crippen molar-refractivity contribution >= 4 is 33.8 Å². The highest BCUT2D eigenvalue weighted by atomic mass is 16.6. The molecule has 3 aromatic rings. The van der Waals surface area contributed by atoms with Gasteiger partial charge in [0.05, 0.1) is 10.6 Å². The lowest BCUT2D eigenvalue weighted by atomic mass is 10.1. The first-order valence-corrected chi connectivity index (χ1v) is 7.95. The Morgan fingerprint density at radius 3 is 2.60 bits per heavy atom. The van der Waals surface area contributed by atoms with Gasteiger partial charge in [0.25, 0.3) is 5.69 Å². The molecule has 0 saturated carbocycles. The smallest absolute Gasteiger partial charge is 0.271 e. The largest absolute Gasteiger partial charge is 0.326 e. The van der Waals surface area contributed by atoms with E-state index in [0.717, 1.165) is 16.5 Å². The number of hydrogen-bond acceptors (Lipinski definition) is 3. The van der Waals surface area contributed by atoms with Crippen LogP contribution in [0.25, 0.3) is 10.8 Å². The SMILES string of the molecule is CCN(C(=N)Nc1cccc2ccccc12)c1cccc([N+](=O)[O-])c1. The second kappa shape index (κ2) is 7.00. The van der Waals surface area contributed by atoms with Gasteiger partial charge in [-0.05, 0) is 24.4 Å². The third-order valence-electron chi connectivity index (χ3n) is 3.98. The van der Waals surface area contributed by atoms with Crippen molar-refractivity contribution < 1.29 is 4.92 Å². The zero-order valence-electron chi connectivity index (χ0n) is 13.8. The first-order valence-electron chi connectivity index (χ1n) is 7.95. The van der Waals surface area contributed by atoms with Crippen LogP contribution in [0.4, 0.5) is 17.1 Å². The van der Waals surface area contributed by atoms with Gasteiger partial charge in [-0.3, -0.25) is 15.5 Å². The maximum Gasteiger partial charge on any atom is 0.271 e. The summed E-state index contributed by atoms with van der Waals surface area (Å²) in [4.78, 5) is 12.2. The van der Waals surface area contributed by atoms with Crippen molar-refractivity contribution in [1.29, 1.82) is 5.41 Å². The molecule has 0 aliphatic heterocycles. The van der Waals surface area contributed by atoms with Gasteiger partial charge in [0.1, 0.15) is 0 Å². The third-order valence-corrected chi connectivity index (χ3v) is 3.98. The van der Waals surface area contributed by atoms with Gasteiger partial charge >= 0.3 is 0 Å². The summed E-state index contributed by atoms with van der Waals surface area (Å²) in [6, 6.07) is 20.1. The van der Waals surface area contributed by atoms with Gasteiger partial charge in [-0.25, -0.2) is 0 Å². The Morgan fingerprint density at radius 2 is 1.84 bits per heavy atom. The number of benzene rings is 3. The quantitative estimate of drug-likeness (QED) is 0.316. The molecule has 0 saturated heterocycles. The monoisotopic (exact) mass is 334 g/mol. The Balaban J connectivity index is 1.90. The van der Waals surface area contributed by atoms with Crippen LogP contribution in [0.15, 0.2) is 66.7 Å². The molecule has 0 aliphatic rings. The fourth-order valence-electron chi connectivity index (χ4n) is 2.77. The minimum atomic E-state index is -0.431. The number of anilines is 2. The van der Waals surface area contributed by atoms with Crippen molar-refractivity contribution in [3.8, 4) is 0 Å². The zero-order valence-corrected chi connectivity index (χ0v) is 13.8. The van der Waals surface area contributed by atoms with Crippen LogP contribution >= 0.6 is 0 Å². The Labute approximate surface area is 145 Å². The van der Waals surface area contributed by atoms with Crippen molar-refractivity contribution in [2.75, 3.05) is 16.8 Å². The molecule has 2 N–H and O–H groups in total. The summed E-state index contributed by atoms with van der Waals surface area (Å²) < 4.78 is 0. The Bertz CT molecular complexity index is 934. The first kappa shape index (κ1) is 16.4. The zero-order chi connectivity index (χ0) is 17.8. The van der Waals surface area contributed by atoms with Gasteiger partial charge in [-0.2, -0.15) is 0 Å². The number of rotatable bonds is 4. The molecule has 0 aliphatic carbocycles. The number of fused-ring (bicyclic) bond motifs is 1. The molecule has 25 heavy (non-hydrogen) atoms. The van der Waals surface area contributed by atoms with Gasteiger partial charge in [-0.1, -0.05) is 42.5 Å². The van der Waals surface area contributed by atoms with E-state index in [1.54, 1.807) is 17.0 Å². The maximum absolute atomic E-state index is 11.0. The van der Waals surface area contributed by atoms with E-state index in [0.29, 0.717) is 12.2 Å². The molecule has 6 heteroatoms. The first-order chi connectivity index (χ1) is 12.1. The minimum absolute atomic E-state index is 0.00825. The van der Waals surface area contributed by atoms with E-state index in [-0.39, 0.29) is 11.6 Å². The molecule has 0 unspecified atom stereocenters. The fraction of sp³-hybridized carbons (Fsp3) is 0.105.